The summed E-state index contributed by atoms with van der Waals surface area (Å²) in [5.74, 6) is -0.320. The molecule has 8 heteroatoms. The van der Waals surface area contributed by atoms with E-state index < -0.39 is 17.7 Å². The molecule has 2 aliphatic rings. The Labute approximate surface area is 200 Å². The molecule has 1 aromatic heterocycles. The van der Waals surface area contributed by atoms with Gasteiger partial charge < -0.3 is 14.6 Å². The molecule has 2 atom stereocenters. The summed E-state index contributed by atoms with van der Waals surface area (Å²) < 4.78 is 11.3. The van der Waals surface area contributed by atoms with Crippen molar-refractivity contribution < 1.29 is 24.2 Å². The highest BCUT2D eigenvalue weighted by Gasteiger charge is 2.48. The third kappa shape index (κ3) is 3.76. The summed E-state index contributed by atoms with van der Waals surface area (Å²) in [6.45, 7) is 5.97. The highest BCUT2D eigenvalue weighted by molar-refractivity contribution is 7.14. The summed E-state index contributed by atoms with van der Waals surface area (Å²) in [5.41, 5.74) is 2.09. The summed E-state index contributed by atoms with van der Waals surface area (Å²) in [6.07, 6.45) is 3.97. The second-order valence-electron chi connectivity index (χ2n) is 8.11. The van der Waals surface area contributed by atoms with E-state index in [0.717, 1.165) is 11.3 Å². The Balaban J connectivity index is 1.62. The highest BCUT2D eigenvalue weighted by Crippen LogP contribution is 2.43. The number of aliphatic hydroxyl groups is 1. The molecule has 0 spiro atoms. The van der Waals surface area contributed by atoms with E-state index in [1.165, 1.54) is 16.2 Å². The van der Waals surface area contributed by atoms with Crippen molar-refractivity contribution in [2.45, 2.75) is 25.5 Å². The van der Waals surface area contributed by atoms with E-state index in [9.17, 15) is 14.7 Å². The van der Waals surface area contributed by atoms with Crippen LogP contribution in [0.4, 0.5) is 5.13 Å². The number of aliphatic hydroxyl groups excluding tert-OH is 1. The van der Waals surface area contributed by atoms with Gasteiger partial charge in [-0.25, -0.2) is 4.98 Å². The van der Waals surface area contributed by atoms with Gasteiger partial charge in [0.2, 0.25) is 0 Å². The van der Waals surface area contributed by atoms with Gasteiger partial charge in [0.05, 0.1) is 11.6 Å². The van der Waals surface area contributed by atoms with Crippen molar-refractivity contribution >= 4 is 33.9 Å². The first-order valence-corrected chi connectivity index (χ1v) is 11.7. The predicted molar refractivity (Wildman–Crippen MR) is 129 cm³/mol. The van der Waals surface area contributed by atoms with Crippen molar-refractivity contribution in [1.82, 2.24) is 4.98 Å². The molecule has 1 saturated heterocycles. The third-order valence-electron chi connectivity index (χ3n) is 5.80. The molecule has 0 aliphatic carbocycles. The molecule has 34 heavy (non-hydrogen) atoms. The topological polar surface area (TPSA) is 89.0 Å². The molecule has 3 heterocycles. The van der Waals surface area contributed by atoms with Crippen LogP contribution in [-0.2, 0) is 16.0 Å². The van der Waals surface area contributed by atoms with Crippen LogP contribution in [0, 0.1) is 0 Å². The van der Waals surface area contributed by atoms with Gasteiger partial charge in [0.1, 0.15) is 30.0 Å². The van der Waals surface area contributed by atoms with Gasteiger partial charge in [-0.2, -0.15) is 0 Å². The molecule has 5 rings (SSSR count). The third-order valence-corrected chi connectivity index (χ3v) is 6.57. The standard InChI is InChI=1S/C26H22N2O5S/c1-3-11-32-19-7-4-16(5-8-19)22-21(24(30)25(31)28(22)26-27-10-12-34-26)23(29)17-6-9-20-18(14-17)13-15(2)33-20/h3-10,12,14-15,22,29H,1,11,13H2,2H3/t15-,22+/m0/s1. The number of fused-ring (bicyclic) bond motifs is 1. The van der Waals surface area contributed by atoms with Gasteiger partial charge in [0, 0.05) is 23.6 Å². The van der Waals surface area contributed by atoms with Gasteiger partial charge >= 0.3 is 5.91 Å². The second-order valence-corrected chi connectivity index (χ2v) is 8.98. The van der Waals surface area contributed by atoms with Crippen molar-refractivity contribution in [3.8, 4) is 11.5 Å². The number of carbonyl (C=O) groups is 2. The van der Waals surface area contributed by atoms with Crippen molar-refractivity contribution in [2.75, 3.05) is 11.5 Å². The molecule has 2 aliphatic heterocycles. The van der Waals surface area contributed by atoms with Gasteiger partial charge in [0.25, 0.3) is 5.78 Å². The zero-order chi connectivity index (χ0) is 23.8. The lowest BCUT2D eigenvalue weighted by Gasteiger charge is -2.23. The van der Waals surface area contributed by atoms with Gasteiger partial charge in [-0.3, -0.25) is 14.5 Å². The first kappa shape index (κ1) is 21.9. The Bertz CT molecular complexity index is 1300. The number of Topliss-reactive ketones (excluding diaryl/α,β-unsaturated/α-hetero) is 1. The highest BCUT2D eigenvalue weighted by atomic mass is 32.1. The minimum atomic E-state index is -0.831. The van der Waals surface area contributed by atoms with Gasteiger partial charge in [-0.05, 0) is 48.4 Å². The van der Waals surface area contributed by atoms with Crippen LogP contribution in [0.2, 0.25) is 0 Å². The van der Waals surface area contributed by atoms with Crippen molar-refractivity contribution in [1.29, 1.82) is 0 Å². The van der Waals surface area contributed by atoms with Crippen LogP contribution in [0.15, 0.2) is 72.3 Å². The average Bonchev–Trinajstić information content (AvgIpc) is 3.55. The lowest BCUT2D eigenvalue weighted by atomic mass is 9.94. The Hall–Kier alpha value is -3.91. The minimum Gasteiger partial charge on any atom is -0.507 e. The van der Waals surface area contributed by atoms with Gasteiger partial charge in [-0.1, -0.05) is 24.8 Å². The molecule has 1 N–H and O–H groups in total. The number of hydrogen-bond acceptors (Lipinski definition) is 7. The molecular weight excluding hydrogens is 452 g/mol. The maximum absolute atomic E-state index is 13.2. The Morgan fingerprint density at radius 3 is 2.79 bits per heavy atom. The smallest absolute Gasteiger partial charge is 0.301 e. The van der Waals surface area contributed by atoms with E-state index in [-0.39, 0.29) is 17.4 Å². The number of ketones is 1. The molecule has 172 valence electrons. The first-order chi connectivity index (χ1) is 16.5. The first-order valence-electron chi connectivity index (χ1n) is 10.8. The van der Waals surface area contributed by atoms with Crippen LogP contribution < -0.4 is 14.4 Å². The fraction of sp³-hybridized carbons (Fsp3) is 0.192. The zero-order valence-electron chi connectivity index (χ0n) is 18.4. The van der Waals surface area contributed by atoms with Crippen LogP contribution in [0.25, 0.3) is 5.76 Å². The Kier molecular flexibility index (Phi) is 5.67. The molecular formula is C26H22N2O5S. The number of nitrogens with zero attached hydrogens (tertiary/aromatic N) is 2. The minimum absolute atomic E-state index is 0.0203. The van der Waals surface area contributed by atoms with Crippen LogP contribution in [-0.4, -0.2) is 34.5 Å². The van der Waals surface area contributed by atoms with Crippen LogP contribution in [0.3, 0.4) is 0 Å². The fourth-order valence-electron chi connectivity index (χ4n) is 4.31. The van der Waals surface area contributed by atoms with Crippen molar-refractivity contribution in [2.24, 2.45) is 0 Å². The number of rotatable bonds is 6. The lowest BCUT2D eigenvalue weighted by Crippen LogP contribution is -2.29. The number of hydrogen-bond donors (Lipinski definition) is 1. The zero-order valence-corrected chi connectivity index (χ0v) is 19.2. The van der Waals surface area contributed by atoms with Crippen LogP contribution in [0.1, 0.15) is 29.7 Å². The van der Waals surface area contributed by atoms with Crippen LogP contribution in [0.5, 0.6) is 11.5 Å². The summed E-state index contributed by atoms with van der Waals surface area (Å²) >= 11 is 1.25. The maximum Gasteiger partial charge on any atom is 0.301 e. The molecule has 1 amide bonds. The maximum atomic E-state index is 13.2. The largest absolute Gasteiger partial charge is 0.507 e. The Morgan fingerprint density at radius 2 is 2.09 bits per heavy atom. The van der Waals surface area contributed by atoms with Crippen molar-refractivity contribution in [3.05, 3.63) is 89.0 Å². The molecule has 2 aromatic carbocycles. The number of ether oxygens (including phenoxy) is 2. The summed E-state index contributed by atoms with van der Waals surface area (Å²) in [6, 6.07) is 11.5. The van der Waals surface area contributed by atoms with E-state index in [2.05, 4.69) is 11.6 Å². The number of anilines is 1. The predicted octanol–water partition coefficient (Wildman–Crippen LogP) is 4.66. The van der Waals surface area contributed by atoms with E-state index in [4.69, 9.17) is 9.47 Å². The van der Waals surface area contributed by atoms with E-state index in [1.54, 1.807) is 54.1 Å². The molecule has 0 radical (unpaired) electrons. The number of carbonyl (C=O) groups excluding carboxylic acids is 2. The normalized spacial score (nSPS) is 20.8. The van der Waals surface area contributed by atoms with Gasteiger partial charge in [0.15, 0.2) is 5.13 Å². The van der Waals surface area contributed by atoms with E-state index in [1.807, 2.05) is 13.0 Å². The van der Waals surface area contributed by atoms with Crippen molar-refractivity contribution in [3.63, 3.8) is 0 Å². The molecule has 0 bridgehead atoms. The number of aromatic nitrogens is 1. The molecule has 0 unspecified atom stereocenters. The number of thiazole rings is 1. The second kappa shape index (κ2) is 8.79. The molecule has 0 saturated carbocycles. The van der Waals surface area contributed by atoms with Crippen LogP contribution >= 0.6 is 11.3 Å². The van der Waals surface area contributed by atoms with E-state index in [0.29, 0.717) is 35.0 Å². The number of amides is 1. The molecule has 7 nitrogen and oxygen atoms in total. The lowest BCUT2D eigenvalue weighted by molar-refractivity contribution is -0.132. The fourth-order valence-corrected chi connectivity index (χ4v) is 4.97. The monoisotopic (exact) mass is 474 g/mol. The molecule has 3 aromatic rings. The molecule has 1 fully saturated rings. The summed E-state index contributed by atoms with van der Waals surface area (Å²) in [7, 11) is 0. The SMILES string of the molecule is C=CCOc1ccc([C@@H]2C(=C(O)c3ccc4c(c3)C[C@H](C)O4)C(=O)C(=O)N2c2nccs2)cc1. The summed E-state index contributed by atoms with van der Waals surface area (Å²) in [5, 5.41) is 13.4. The Morgan fingerprint density at radius 1 is 1.29 bits per heavy atom. The quantitative estimate of drug-likeness (QED) is 0.242. The average molecular weight is 475 g/mol. The van der Waals surface area contributed by atoms with Gasteiger partial charge in [-0.15, -0.1) is 11.3 Å². The summed E-state index contributed by atoms with van der Waals surface area (Å²) in [4.78, 5) is 31.9. The number of benzene rings is 2. The van der Waals surface area contributed by atoms with E-state index >= 15 is 0 Å².